The van der Waals surface area contributed by atoms with Gasteiger partial charge < -0.3 is 20.5 Å². The monoisotopic (exact) mass is 447 g/mol. The summed E-state index contributed by atoms with van der Waals surface area (Å²) in [6.45, 7) is 4.98. The quantitative estimate of drug-likeness (QED) is 0.415. The van der Waals surface area contributed by atoms with E-state index in [0.29, 0.717) is 23.4 Å². The highest BCUT2D eigenvalue weighted by Crippen LogP contribution is 2.17. The van der Waals surface area contributed by atoms with Crippen molar-refractivity contribution < 1.29 is 14.4 Å². The minimum absolute atomic E-state index is 0.117. The smallest absolute Gasteiger partial charge is 0.255 e. The summed E-state index contributed by atoms with van der Waals surface area (Å²) in [6, 6.07) is 14.8. The number of rotatable bonds is 10. The van der Waals surface area contributed by atoms with Gasteiger partial charge in [-0.2, -0.15) is 0 Å². The van der Waals surface area contributed by atoms with E-state index in [2.05, 4.69) is 20.9 Å². The summed E-state index contributed by atoms with van der Waals surface area (Å²) in [5, 5.41) is 8.50. The molecule has 172 valence electrons. The Hall–Kier alpha value is -3.94. The van der Waals surface area contributed by atoms with Crippen molar-refractivity contribution in [3.05, 3.63) is 84.4 Å². The highest BCUT2D eigenvalue weighted by Gasteiger charge is 2.25. The lowest BCUT2D eigenvalue weighted by Crippen LogP contribution is -2.50. The highest BCUT2D eigenvalue weighted by atomic mass is 16.2. The van der Waals surface area contributed by atoms with Gasteiger partial charge in [-0.15, -0.1) is 0 Å². The van der Waals surface area contributed by atoms with Crippen molar-refractivity contribution >= 4 is 23.4 Å². The Labute approximate surface area is 193 Å². The minimum atomic E-state index is -0.705. The molecule has 0 saturated heterocycles. The van der Waals surface area contributed by atoms with Gasteiger partial charge in [0, 0.05) is 31.0 Å². The van der Waals surface area contributed by atoms with Gasteiger partial charge in [0.1, 0.15) is 6.04 Å². The molecule has 0 saturated carbocycles. The number of nitrogens with one attached hydrogen (secondary N) is 3. The number of hydrogen-bond donors (Lipinski definition) is 3. The second-order valence-corrected chi connectivity index (χ2v) is 8.01. The summed E-state index contributed by atoms with van der Waals surface area (Å²) < 4.78 is 1.94. The Balaban J connectivity index is 1.61. The first-order valence-corrected chi connectivity index (χ1v) is 11.0. The molecule has 0 fully saturated rings. The van der Waals surface area contributed by atoms with Gasteiger partial charge >= 0.3 is 0 Å². The van der Waals surface area contributed by atoms with Crippen molar-refractivity contribution in [1.82, 2.24) is 20.2 Å². The molecule has 8 heteroatoms. The third-order valence-electron chi connectivity index (χ3n) is 5.14. The number of para-hydroxylation sites is 1. The second-order valence-electron chi connectivity index (χ2n) is 8.01. The number of benzene rings is 2. The fraction of sp³-hybridized carbons (Fsp3) is 0.280. The first-order valence-electron chi connectivity index (χ1n) is 11.0. The molecule has 3 amide bonds. The molecule has 0 bridgehead atoms. The van der Waals surface area contributed by atoms with Crippen LogP contribution in [0.15, 0.2) is 73.3 Å². The van der Waals surface area contributed by atoms with E-state index >= 15 is 0 Å². The third kappa shape index (κ3) is 6.77. The molecule has 1 atom stereocenters. The number of hydrogen-bond acceptors (Lipinski definition) is 4. The lowest BCUT2D eigenvalue weighted by Gasteiger charge is -2.22. The first-order chi connectivity index (χ1) is 16.0. The molecule has 33 heavy (non-hydrogen) atoms. The zero-order chi connectivity index (χ0) is 23.6. The van der Waals surface area contributed by atoms with Crippen LogP contribution in [-0.4, -0.2) is 39.9 Å². The van der Waals surface area contributed by atoms with Crippen molar-refractivity contribution in [2.75, 3.05) is 11.9 Å². The average molecular weight is 448 g/mol. The maximum Gasteiger partial charge on any atom is 0.255 e. The number of anilines is 1. The molecule has 1 aromatic heterocycles. The molecular weight excluding hydrogens is 418 g/mol. The second kappa shape index (κ2) is 11.6. The maximum absolute atomic E-state index is 13.0. The summed E-state index contributed by atoms with van der Waals surface area (Å²) in [6.07, 6.45) is 6.05. The van der Waals surface area contributed by atoms with Crippen LogP contribution in [0.3, 0.4) is 0 Å². The maximum atomic E-state index is 13.0. The summed E-state index contributed by atoms with van der Waals surface area (Å²) in [5.74, 6) is -1.10. The van der Waals surface area contributed by atoms with E-state index in [-0.39, 0.29) is 17.7 Å². The summed E-state index contributed by atoms with van der Waals surface area (Å²) in [5.41, 5.74) is 1.16. The van der Waals surface area contributed by atoms with Crippen molar-refractivity contribution in [1.29, 1.82) is 0 Å². The molecule has 2 aromatic carbocycles. The average Bonchev–Trinajstić information content (AvgIpc) is 3.34. The lowest BCUT2D eigenvalue weighted by atomic mass is 10.0. The molecule has 0 aliphatic heterocycles. The van der Waals surface area contributed by atoms with E-state index in [1.54, 1.807) is 61.1 Å². The summed E-state index contributed by atoms with van der Waals surface area (Å²) >= 11 is 0. The molecule has 3 aromatic rings. The zero-order valence-corrected chi connectivity index (χ0v) is 18.8. The molecule has 3 rings (SSSR count). The number of aryl methyl sites for hydroxylation is 1. The topological polar surface area (TPSA) is 105 Å². The molecule has 3 N–H and O–H groups in total. The van der Waals surface area contributed by atoms with Crippen molar-refractivity contribution in [2.24, 2.45) is 5.92 Å². The minimum Gasteiger partial charge on any atom is -0.354 e. The van der Waals surface area contributed by atoms with Crippen molar-refractivity contribution in [2.45, 2.75) is 32.9 Å². The summed E-state index contributed by atoms with van der Waals surface area (Å²) in [7, 11) is 0. The van der Waals surface area contributed by atoms with Gasteiger partial charge in [0.15, 0.2) is 0 Å². The van der Waals surface area contributed by atoms with E-state index in [9.17, 15) is 14.4 Å². The molecule has 8 nitrogen and oxygen atoms in total. The van der Waals surface area contributed by atoms with E-state index < -0.39 is 11.9 Å². The number of nitrogens with zero attached hydrogens (tertiary/aromatic N) is 2. The van der Waals surface area contributed by atoms with Crippen LogP contribution >= 0.6 is 0 Å². The van der Waals surface area contributed by atoms with Gasteiger partial charge in [0.25, 0.3) is 11.8 Å². The molecule has 0 aliphatic carbocycles. The molecular formula is C25H29N5O3. The van der Waals surface area contributed by atoms with E-state index in [4.69, 9.17) is 0 Å². The van der Waals surface area contributed by atoms with Crippen LogP contribution in [0.25, 0.3) is 0 Å². The van der Waals surface area contributed by atoms with Crippen LogP contribution in [0.5, 0.6) is 0 Å². The van der Waals surface area contributed by atoms with Crippen LogP contribution in [0.2, 0.25) is 0 Å². The number of carbonyl (C=O) groups is 3. The number of amides is 3. The fourth-order valence-electron chi connectivity index (χ4n) is 3.33. The van der Waals surface area contributed by atoms with Crippen LogP contribution in [-0.2, 0) is 11.3 Å². The van der Waals surface area contributed by atoms with Gasteiger partial charge in [0.05, 0.1) is 17.6 Å². The first kappa shape index (κ1) is 23.7. The normalized spacial score (nSPS) is 11.6. The van der Waals surface area contributed by atoms with Crippen molar-refractivity contribution in [3.63, 3.8) is 0 Å². The number of imidazole rings is 1. The predicted octanol–water partition coefficient (Wildman–Crippen LogP) is 3.10. The molecule has 0 aliphatic rings. The molecule has 0 spiro atoms. The number of aromatic nitrogens is 2. The van der Waals surface area contributed by atoms with E-state index in [0.717, 1.165) is 13.0 Å². The Bertz CT molecular complexity index is 1060. The largest absolute Gasteiger partial charge is 0.354 e. The fourth-order valence-corrected chi connectivity index (χ4v) is 3.33. The van der Waals surface area contributed by atoms with Gasteiger partial charge in [0.2, 0.25) is 5.91 Å². The Morgan fingerprint density at radius 2 is 1.70 bits per heavy atom. The van der Waals surface area contributed by atoms with Crippen LogP contribution in [0.1, 0.15) is 41.0 Å². The van der Waals surface area contributed by atoms with Gasteiger partial charge in [-0.1, -0.05) is 44.2 Å². The van der Waals surface area contributed by atoms with Crippen LogP contribution in [0, 0.1) is 5.92 Å². The highest BCUT2D eigenvalue weighted by molar-refractivity contribution is 6.09. The SMILES string of the molecule is CC(C)[C@@H](NC(=O)c1ccccc1NC(=O)c1ccccc1)C(=O)NCCCn1ccnc1. The zero-order valence-electron chi connectivity index (χ0n) is 18.8. The van der Waals surface area contributed by atoms with Crippen molar-refractivity contribution in [3.8, 4) is 0 Å². The Morgan fingerprint density at radius 3 is 2.39 bits per heavy atom. The van der Waals surface area contributed by atoms with Crippen LogP contribution in [0.4, 0.5) is 5.69 Å². The van der Waals surface area contributed by atoms with Gasteiger partial charge in [-0.3, -0.25) is 14.4 Å². The Kier molecular flexibility index (Phi) is 8.35. The van der Waals surface area contributed by atoms with E-state index in [1.165, 1.54) is 0 Å². The summed E-state index contributed by atoms with van der Waals surface area (Å²) in [4.78, 5) is 42.3. The lowest BCUT2D eigenvalue weighted by molar-refractivity contribution is -0.123. The Morgan fingerprint density at radius 1 is 0.970 bits per heavy atom. The third-order valence-corrected chi connectivity index (χ3v) is 5.14. The standard InChI is InChI=1S/C25H29N5O3/c1-18(2)22(25(33)27-13-8-15-30-16-14-26-17-30)29-24(32)20-11-6-7-12-21(20)28-23(31)19-9-4-3-5-10-19/h3-7,9-12,14,16-18,22H,8,13,15H2,1-2H3,(H,27,33)(H,28,31)(H,29,32)/t22-/m1/s1. The number of carbonyl (C=O) groups excluding carboxylic acids is 3. The van der Waals surface area contributed by atoms with E-state index in [1.807, 2.05) is 30.7 Å². The molecule has 1 heterocycles. The van der Waals surface area contributed by atoms with Crippen LogP contribution < -0.4 is 16.0 Å². The van der Waals surface area contributed by atoms with Gasteiger partial charge in [-0.05, 0) is 36.6 Å². The molecule has 0 radical (unpaired) electrons. The predicted molar refractivity (Wildman–Crippen MR) is 127 cm³/mol. The molecule has 0 unspecified atom stereocenters. The van der Waals surface area contributed by atoms with Gasteiger partial charge in [-0.25, -0.2) is 4.98 Å².